The molecule has 2 aliphatic carbocycles. The van der Waals surface area contributed by atoms with Gasteiger partial charge < -0.3 is 14.7 Å². The predicted molar refractivity (Wildman–Crippen MR) is 313 cm³/mol. The van der Waals surface area contributed by atoms with E-state index in [2.05, 4.69) is 223 Å². The number of thiophene rings is 1. The first-order valence-electron chi connectivity index (χ1n) is 27.7. The third-order valence-electron chi connectivity index (χ3n) is 17.7. The zero-order valence-electron chi connectivity index (χ0n) is 46.6. The van der Waals surface area contributed by atoms with Crippen molar-refractivity contribution in [1.82, 2.24) is 0 Å². The fourth-order valence-corrected chi connectivity index (χ4v) is 14.5. The van der Waals surface area contributed by atoms with Crippen LogP contribution in [0.4, 0.5) is 51.2 Å². The summed E-state index contributed by atoms with van der Waals surface area (Å²) < 4.78 is 30.3. The fourth-order valence-electron chi connectivity index (χ4n) is 13.3. The van der Waals surface area contributed by atoms with Gasteiger partial charge in [-0.1, -0.05) is 134 Å². The van der Waals surface area contributed by atoms with Crippen molar-refractivity contribution in [3.63, 3.8) is 0 Å². The van der Waals surface area contributed by atoms with Crippen LogP contribution in [0.2, 0.25) is 0 Å². The van der Waals surface area contributed by atoms with Gasteiger partial charge in [0.15, 0.2) is 0 Å². The Balaban J connectivity index is 1.16. The van der Waals surface area contributed by atoms with Gasteiger partial charge in [0.05, 0.1) is 0 Å². The van der Waals surface area contributed by atoms with Crippen molar-refractivity contribution in [3.05, 3.63) is 191 Å². The molecule has 0 N–H and O–H groups in total. The molecule has 72 heavy (non-hydrogen) atoms. The molecule has 5 heteroatoms. The van der Waals surface area contributed by atoms with Gasteiger partial charge in [-0.15, -0.1) is 11.3 Å². The summed E-state index contributed by atoms with van der Waals surface area (Å²) in [6.07, 6.45) is 4.41. The summed E-state index contributed by atoms with van der Waals surface area (Å²) >= 11 is 1.81. The summed E-state index contributed by atoms with van der Waals surface area (Å²) in [5, 5.41) is 2.47. The van der Waals surface area contributed by atoms with E-state index in [4.69, 9.17) is 0 Å². The van der Waals surface area contributed by atoms with E-state index in [0.717, 1.165) is 82.3 Å². The van der Waals surface area contributed by atoms with Crippen LogP contribution >= 0.6 is 11.3 Å². The molecule has 0 radical (unpaired) electrons. The molecule has 13 rings (SSSR count). The minimum Gasteiger partial charge on any atom is -0.311 e. The maximum Gasteiger partial charge on any atom is 0.252 e. The molecule has 0 saturated carbocycles. The summed E-state index contributed by atoms with van der Waals surface area (Å²) in [6, 6.07) is 56.3. The number of aryl methyl sites for hydroxylation is 3. The fraction of sp³-hybridized carbons (Fsp3) is 0.284. The van der Waals surface area contributed by atoms with Crippen molar-refractivity contribution < 1.29 is 4.11 Å². The molecule has 3 nitrogen and oxygen atoms in total. The van der Waals surface area contributed by atoms with Gasteiger partial charge in [0.25, 0.3) is 6.71 Å². The molecule has 2 aliphatic heterocycles. The number of fused-ring (bicyclic) bond motifs is 9. The van der Waals surface area contributed by atoms with Gasteiger partial charge in [0.1, 0.15) is 0 Å². The molecule has 0 unspecified atom stereocenters. The second-order valence-electron chi connectivity index (χ2n) is 24.2. The number of benzene rings is 8. The SMILES string of the molecule is [2H]C([2H])([2H])c1cc2c3c(c1)N(c1ccc4c(c1)C(C)(C)CCC4(C)C)c1cc4c(cc1B3c1ccc(N(c3ccccc3C)c3ccccc3C)cc1N2c1ccc2c(c1)sc1ccccc12)C(C)(C)CCC4(C)C. The van der Waals surface area contributed by atoms with E-state index < -0.39 is 6.85 Å². The maximum atomic E-state index is 9.28. The summed E-state index contributed by atoms with van der Waals surface area (Å²) in [4.78, 5) is 7.30. The predicted octanol–water partition coefficient (Wildman–Crippen LogP) is 17.2. The topological polar surface area (TPSA) is 9.72 Å². The smallest absolute Gasteiger partial charge is 0.252 e. The number of hydrogen-bond donors (Lipinski definition) is 0. The Hall–Kier alpha value is -6.56. The quantitative estimate of drug-likeness (QED) is 0.159. The number of para-hydroxylation sites is 2. The first-order valence-corrected chi connectivity index (χ1v) is 27.0. The van der Waals surface area contributed by atoms with E-state index in [0.29, 0.717) is 5.56 Å². The number of rotatable bonds is 5. The number of anilines is 9. The second-order valence-corrected chi connectivity index (χ2v) is 25.3. The monoisotopic (exact) mass is 959 g/mol. The van der Waals surface area contributed by atoms with Crippen LogP contribution in [0.1, 0.15) is 124 Å². The third-order valence-corrected chi connectivity index (χ3v) is 18.8. The van der Waals surface area contributed by atoms with Crippen LogP contribution in [-0.4, -0.2) is 6.71 Å². The number of nitrogens with zero attached hydrogens (tertiary/aromatic N) is 3. The molecule has 0 saturated heterocycles. The average Bonchev–Trinajstić information content (AvgIpc) is 3.86. The van der Waals surface area contributed by atoms with Crippen molar-refractivity contribution in [3.8, 4) is 0 Å². The molecule has 0 atom stereocenters. The molecule has 9 aromatic rings. The normalized spacial score (nSPS) is 18.3. The van der Waals surface area contributed by atoms with E-state index in [-0.39, 0.29) is 28.4 Å². The van der Waals surface area contributed by atoms with E-state index in [1.54, 1.807) is 0 Å². The van der Waals surface area contributed by atoms with Crippen molar-refractivity contribution in [2.75, 3.05) is 14.7 Å². The molecule has 0 amide bonds. The lowest BCUT2D eigenvalue weighted by Gasteiger charge is -2.48. The highest BCUT2D eigenvalue weighted by Crippen LogP contribution is 2.53. The maximum absolute atomic E-state index is 9.28. The van der Waals surface area contributed by atoms with Crippen molar-refractivity contribution in [1.29, 1.82) is 0 Å². The lowest BCUT2D eigenvalue weighted by Crippen LogP contribution is -2.62. The summed E-state index contributed by atoms with van der Waals surface area (Å²) in [7, 11) is 0. The van der Waals surface area contributed by atoms with Crippen LogP contribution in [0.3, 0.4) is 0 Å². The van der Waals surface area contributed by atoms with Crippen molar-refractivity contribution in [2.45, 2.75) is 123 Å². The molecule has 1 aromatic heterocycles. The van der Waals surface area contributed by atoms with E-state index in [1.165, 1.54) is 64.5 Å². The Kier molecular flexibility index (Phi) is 9.17. The standard InChI is InChI=1S/C67H66BN3S/c1-41-34-59-63-60(35-41)71(46-24-27-48-47-20-14-17-23-61(47)72-62(48)38-46)57-37-45(69(55-21-15-12-18-42(55)2)56-22-16-13-19-43(56)3)26-29-53(57)68(63)54-39-51-52(67(10,11)33-32-66(51,8)9)40-58(54)70(59)44-25-28-49-50(36-44)65(6,7)31-30-64(49,4)5/h12-29,34-40H,30-33H2,1-11H3/i1D3. The first-order chi connectivity index (χ1) is 35.6. The van der Waals surface area contributed by atoms with Crippen LogP contribution in [0.25, 0.3) is 20.2 Å². The molecule has 0 spiro atoms. The molecule has 3 heterocycles. The Morgan fingerprint density at radius 1 is 0.472 bits per heavy atom. The van der Waals surface area contributed by atoms with E-state index >= 15 is 0 Å². The zero-order chi connectivity index (χ0) is 52.3. The summed E-state index contributed by atoms with van der Waals surface area (Å²) in [5.41, 5.74) is 21.1. The highest BCUT2D eigenvalue weighted by molar-refractivity contribution is 7.25. The van der Waals surface area contributed by atoms with Gasteiger partial charge in [-0.25, -0.2) is 0 Å². The Morgan fingerprint density at radius 3 is 1.64 bits per heavy atom. The van der Waals surface area contributed by atoms with Crippen LogP contribution in [0.5, 0.6) is 0 Å². The molecule has 358 valence electrons. The van der Waals surface area contributed by atoms with Crippen molar-refractivity contribution >= 4 is 106 Å². The zero-order valence-corrected chi connectivity index (χ0v) is 44.4. The molecule has 0 fully saturated rings. The molecule has 4 aliphatic rings. The first kappa shape index (κ1) is 42.0. The van der Waals surface area contributed by atoms with Crippen LogP contribution in [0.15, 0.2) is 152 Å². The van der Waals surface area contributed by atoms with E-state index in [1.807, 2.05) is 23.5 Å². The van der Waals surface area contributed by atoms with Gasteiger partial charge in [0, 0.05) is 75.5 Å². The second kappa shape index (κ2) is 15.7. The van der Waals surface area contributed by atoms with Crippen molar-refractivity contribution in [2.24, 2.45) is 0 Å². The lowest BCUT2D eigenvalue weighted by molar-refractivity contribution is 0.332. The van der Waals surface area contributed by atoms with Crippen LogP contribution in [0, 0.1) is 20.7 Å². The van der Waals surface area contributed by atoms with Crippen LogP contribution < -0.4 is 31.1 Å². The molecular formula is C67H66BN3S. The summed E-state index contributed by atoms with van der Waals surface area (Å²) in [5.74, 6) is 0. The Morgan fingerprint density at radius 2 is 1.00 bits per heavy atom. The Labute approximate surface area is 436 Å². The lowest BCUT2D eigenvalue weighted by atomic mass is 9.33. The number of hydrogen-bond acceptors (Lipinski definition) is 4. The molecule has 8 aromatic carbocycles. The van der Waals surface area contributed by atoms with Gasteiger partial charge >= 0.3 is 0 Å². The van der Waals surface area contributed by atoms with Gasteiger partial charge in [0.2, 0.25) is 0 Å². The minimum absolute atomic E-state index is 0.0347. The highest BCUT2D eigenvalue weighted by Gasteiger charge is 2.47. The summed E-state index contributed by atoms with van der Waals surface area (Å²) in [6.45, 7) is 21.1. The van der Waals surface area contributed by atoms with E-state index in [9.17, 15) is 4.11 Å². The Bertz CT molecular complexity index is 3810. The van der Waals surface area contributed by atoms with Gasteiger partial charge in [-0.05, 0) is 196 Å². The minimum atomic E-state index is -2.40. The van der Waals surface area contributed by atoms with Gasteiger partial charge in [-0.3, -0.25) is 0 Å². The molecular weight excluding hydrogens is 890 g/mol. The highest BCUT2D eigenvalue weighted by atomic mass is 32.1. The average molecular weight is 959 g/mol. The van der Waals surface area contributed by atoms with Gasteiger partial charge in [-0.2, -0.15) is 0 Å². The third kappa shape index (κ3) is 6.75. The largest absolute Gasteiger partial charge is 0.311 e. The molecule has 0 bridgehead atoms. The van der Waals surface area contributed by atoms with Crippen LogP contribution in [-0.2, 0) is 21.7 Å².